The van der Waals surface area contributed by atoms with E-state index in [1.165, 1.54) is 32.1 Å². The van der Waals surface area contributed by atoms with Crippen LogP contribution in [0, 0.1) is 17.0 Å². The van der Waals surface area contributed by atoms with Crippen LogP contribution < -0.4 is 5.32 Å². The summed E-state index contributed by atoms with van der Waals surface area (Å²) in [5.41, 5.74) is 1.98. The fourth-order valence-electron chi connectivity index (χ4n) is 2.43. The number of benzene rings is 1. The largest absolute Gasteiger partial charge is 0.382 e. The van der Waals surface area contributed by atoms with Crippen LogP contribution in [0.1, 0.15) is 37.7 Å². The minimum absolute atomic E-state index is 0.170. The van der Waals surface area contributed by atoms with Crippen LogP contribution in [0.4, 0.5) is 11.4 Å². The van der Waals surface area contributed by atoms with Crippen molar-refractivity contribution < 1.29 is 4.92 Å². The molecule has 0 aromatic heterocycles. The lowest BCUT2D eigenvalue weighted by Gasteiger charge is -2.23. The number of anilines is 1. The summed E-state index contributed by atoms with van der Waals surface area (Å²) in [4.78, 5) is 10.4. The van der Waals surface area contributed by atoms with Gasteiger partial charge in [0.05, 0.1) is 4.92 Å². The lowest BCUT2D eigenvalue weighted by molar-refractivity contribution is -0.384. The van der Waals surface area contributed by atoms with E-state index in [9.17, 15) is 10.1 Å². The Morgan fingerprint density at radius 2 is 1.94 bits per heavy atom. The van der Waals surface area contributed by atoms with Crippen LogP contribution >= 0.6 is 0 Å². The molecule has 1 aliphatic carbocycles. The summed E-state index contributed by atoms with van der Waals surface area (Å²) in [6.45, 7) is 1.89. The standard InChI is InChI=1S/C13H18N2O2/c1-10-7-12(9-13(8-10)15(16)17)14-11-5-3-2-4-6-11/h7-9,11,14H,2-6H2,1H3. The van der Waals surface area contributed by atoms with Crippen molar-refractivity contribution in [2.45, 2.75) is 45.1 Å². The molecular weight excluding hydrogens is 216 g/mol. The molecule has 4 nitrogen and oxygen atoms in total. The molecule has 0 atom stereocenters. The lowest BCUT2D eigenvalue weighted by Crippen LogP contribution is -2.22. The summed E-state index contributed by atoms with van der Waals surface area (Å²) in [5.74, 6) is 0. The fourth-order valence-corrected chi connectivity index (χ4v) is 2.43. The molecule has 0 radical (unpaired) electrons. The maximum atomic E-state index is 10.8. The summed E-state index contributed by atoms with van der Waals surface area (Å²) < 4.78 is 0. The van der Waals surface area contributed by atoms with Crippen LogP contribution in [0.25, 0.3) is 0 Å². The Kier molecular flexibility index (Phi) is 3.61. The molecule has 0 bridgehead atoms. The van der Waals surface area contributed by atoms with E-state index in [-0.39, 0.29) is 10.6 Å². The summed E-state index contributed by atoms with van der Waals surface area (Å²) in [6.07, 6.45) is 6.16. The molecule has 0 amide bonds. The van der Waals surface area contributed by atoms with E-state index >= 15 is 0 Å². The van der Waals surface area contributed by atoms with Crippen molar-refractivity contribution in [2.24, 2.45) is 0 Å². The second-order valence-electron chi connectivity index (χ2n) is 4.79. The number of nitro groups is 1. The minimum Gasteiger partial charge on any atom is -0.382 e. The molecule has 17 heavy (non-hydrogen) atoms. The molecule has 0 unspecified atom stereocenters. The first-order chi connectivity index (χ1) is 8.15. The molecule has 1 saturated carbocycles. The van der Waals surface area contributed by atoms with E-state index in [2.05, 4.69) is 5.32 Å². The molecular formula is C13H18N2O2. The number of nitrogens with one attached hydrogen (secondary N) is 1. The topological polar surface area (TPSA) is 55.2 Å². The quantitative estimate of drug-likeness (QED) is 0.641. The molecule has 1 fully saturated rings. The molecule has 1 aliphatic rings. The highest BCUT2D eigenvalue weighted by atomic mass is 16.6. The van der Waals surface area contributed by atoms with Crippen molar-refractivity contribution in [3.8, 4) is 0 Å². The molecule has 92 valence electrons. The molecule has 4 heteroatoms. The highest BCUT2D eigenvalue weighted by Crippen LogP contribution is 2.25. The van der Waals surface area contributed by atoms with E-state index < -0.39 is 0 Å². The SMILES string of the molecule is Cc1cc(NC2CCCCC2)cc([N+](=O)[O-])c1. The van der Waals surface area contributed by atoms with Gasteiger partial charge in [0, 0.05) is 23.9 Å². The third-order valence-corrected chi connectivity index (χ3v) is 3.25. The number of non-ortho nitro benzene ring substituents is 1. The molecule has 0 aliphatic heterocycles. The van der Waals surface area contributed by atoms with Gasteiger partial charge in [-0.1, -0.05) is 19.3 Å². The second kappa shape index (κ2) is 5.17. The van der Waals surface area contributed by atoms with Crippen molar-refractivity contribution >= 4 is 11.4 Å². The average molecular weight is 234 g/mol. The van der Waals surface area contributed by atoms with Crippen molar-refractivity contribution in [1.29, 1.82) is 0 Å². The van der Waals surface area contributed by atoms with E-state index in [0.717, 1.165) is 11.3 Å². The van der Waals surface area contributed by atoms with Crippen molar-refractivity contribution in [3.05, 3.63) is 33.9 Å². The maximum absolute atomic E-state index is 10.8. The molecule has 0 heterocycles. The summed E-state index contributed by atoms with van der Waals surface area (Å²) in [6, 6.07) is 5.68. The van der Waals surface area contributed by atoms with E-state index in [4.69, 9.17) is 0 Å². The Morgan fingerprint density at radius 3 is 2.59 bits per heavy atom. The van der Waals surface area contributed by atoms with Crippen LogP contribution in [-0.2, 0) is 0 Å². The average Bonchev–Trinajstić information content (AvgIpc) is 2.29. The monoisotopic (exact) mass is 234 g/mol. The van der Waals surface area contributed by atoms with Crippen LogP contribution in [0.5, 0.6) is 0 Å². The van der Waals surface area contributed by atoms with E-state index in [0.29, 0.717) is 6.04 Å². The second-order valence-corrected chi connectivity index (χ2v) is 4.79. The van der Waals surface area contributed by atoms with Crippen LogP contribution in [0.2, 0.25) is 0 Å². The highest BCUT2D eigenvalue weighted by Gasteiger charge is 2.14. The first-order valence-corrected chi connectivity index (χ1v) is 6.18. The number of nitro benzene ring substituents is 1. The van der Waals surface area contributed by atoms with Gasteiger partial charge in [-0.3, -0.25) is 10.1 Å². The molecule has 1 aromatic rings. The molecule has 2 rings (SSSR count). The van der Waals surface area contributed by atoms with Gasteiger partial charge in [0.25, 0.3) is 5.69 Å². The zero-order valence-electron chi connectivity index (χ0n) is 10.1. The van der Waals surface area contributed by atoms with Gasteiger partial charge >= 0.3 is 0 Å². The van der Waals surface area contributed by atoms with Gasteiger partial charge in [0.1, 0.15) is 0 Å². The number of hydrogen-bond donors (Lipinski definition) is 1. The maximum Gasteiger partial charge on any atom is 0.271 e. The Hall–Kier alpha value is -1.58. The minimum atomic E-state index is -0.334. The number of aryl methyl sites for hydroxylation is 1. The molecule has 1 N–H and O–H groups in total. The Morgan fingerprint density at radius 1 is 1.24 bits per heavy atom. The van der Waals surface area contributed by atoms with Gasteiger partial charge < -0.3 is 5.32 Å². The molecule has 0 saturated heterocycles. The van der Waals surface area contributed by atoms with Gasteiger partial charge in [0.2, 0.25) is 0 Å². The summed E-state index contributed by atoms with van der Waals surface area (Å²) in [5, 5.41) is 14.2. The zero-order valence-corrected chi connectivity index (χ0v) is 10.1. The third-order valence-electron chi connectivity index (χ3n) is 3.25. The van der Waals surface area contributed by atoms with Crippen molar-refractivity contribution in [3.63, 3.8) is 0 Å². The van der Waals surface area contributed by atoms with Crippen molar-refractivity contribution in [1.82, 2.24) is 0 Å². The molecule has 0 spiro atoms. The van der Waals surface area contributed by atoms with Gasteiger partial charge in [-0.05, 0) is 31.4 Å². The van der Waals surface area contributed by atoms with Crippen molar-refractivity contribution in [2.75, 3.05) is 5.32 Å². The molecule has 1 aromatic carbocycles. The van der Waals surface area contributed by atoms with Gasteiger partial charge in [-0.15, -0.1) is 0 Å². The third kappa shape index (κ3) is 3.19. The normalized spacial score (nSPS) is 16.8. The fraction of sp³-hybridized carbons (Fsp3) is 0.538. The van der Waals surface area contributed by atoms with Gasteiger partial charge in [-0.25, -0.2) is 0 Å². The first kappa shape index (κ1) is 11.9. The van der Waals surface area contributed by atoms with Crippen LogP contribution in [-0.4, -0.2) is 11.0 Å². The Bertz CT molecular complexity index is 412. The van der Waals surface area contributed by atoms with Crippen LogP contribution in [0.15, 0.2) is 18.2 Å². The number of nitrogens with zero attached hydrogens (tertiary/aromatic N) is 1. The lowest BCUT2D eigenvalue weighted by atomic mass is 9.95. The zero-order chi connectivity index (χ0) is 12.3. The smallest absolute Gasteiger partial charge is 0.271 e. The van der Waals surface area contributed by atoms with E-state index in [1.807, 2.05) is 13.0 Å². The van der Waals surface area contributed by atoms with Gasteiger partial charge in [0.15, 0.2) is 0 Å². The predicted octanol–water partition coefficient (Wildman–Crippen LogP) is 3.65. The highest BCUT2D eigenvalue weighted by molar-refractivity contribution is 5.54. The Labute approximate surface area is 101 Å². The summed E-state index contributed by atoms with van der Waals surface area (Å²) >= 11 is 0. The summed E-state index contributed by atoms with van der Waals surface area (Å²) in [7, 11) is 0. The number of rotatable bonds is 3. The first-order valence-electron chi connectivity index (χ1n) is 6.18. The van der Waals surface area contributed by atoms with E-state index in [1.54, 1.807) is 12.1 Å². The van der Waals surface area contributed by atoms with Gasteiger partial charge in [-0.2, -0.15) is 0 Å². The Balaban J connectivity index is 2.11. The van der Waals surface area contributed by atoms with Crippen LogP contribution in [0.3, 0.4) is 0 Å². The number of hydrogen-bond acceptors (Lipinski definition) is 3. The predicted molar refractivity (Wildman–Crippen MR) is 68.3 cm³/mol.